The molecule has 3 aromatic rings. The predicted molar refractivity (Wildman–Crippen MR) is 116 cm³/mol. The number of hydrogen-bond acceptors (Lipinski definition) is 4. The average molecular weight is 456 g/mol. The smallest absolute Gasteiger partial charge is 0.300 e. The molecule has 1 N–H and O–H groups in total. The van der Waals surface area contributed by atoms with Gasteiger partial charge in [-0.3, -0.25) is 14.5 Å². The van der Waals surface area contributed by atoms with Crippen LogP contribution in [0, 0.1) is 11.6 Å². The minimum atomic E-state index is -1.03. The van der Waals surface area contributed by atoms with E-state index in [-0.39, 0.29) is 21.8 Å². The Hall–Kier alpha value is -3.71. The minimum absolute atomic E-state index is 0.167. The third-order valence-corrected chi connectivity index (χ3v) is 5.46. The summed E-state index contributed by atoms with van der Waals surface area (Å²) >= 11 is 5.91. The summed E-state index contributed by atoms with van der Waals surface area (Å²) in [5, 5.41) is 10.7. The van der Waals surface area contributed by atoms with E-state index in [1.54, 1.807) is 24.3 Å². The number of rotatable bonds is 4. The molecule has 3 aromatic carbocycles. The molecule has 0 saturated carbocycles. The van der Waals surface area contributed by atoms with Crippen molar-refractivity contribution >= 4 is 34.7 Å². The molecule has 4 rings (SSSR count). The number of anilines is 1. The molecule has 5 nitrogen and oxygen atoms in total. The molecule has 162 valence electrons. The van der Waals surface area contributed by atoms with Gasteiger partial charge in [-0.05, 0) is 60.2 Å². The van der Waals surface area contributed by atoms with E-state index in [2.05, 4.69) is 0 Å². The summed E-state index contributed by atoms with van der Waals surface area (Å²) < 4.78 is 32.2. The molecule has 1 atom stereocenters. The molecule has 1 saturated heterocycles. The summed E-state index contributed by atoms with van der Waals surface area (Å²) in [6.45, 7) is 0. The Labute approximate surface area is 187 Å². The molecule has 0 radical (unpaired) electrons. The molecular weight excluding hydrogens is 440 g/mol. The van der Waals surface area contributed by atoms with Crippen molar-refractivity contribution in [3.63, 3.8) is 0 Å². The maximum absolute atomic E-state index is 13.7. The second-order valence-corrected chi connectivity index (χ2v) is 7.45. The van der Waals surface area contributed by atoms with Crippen LogP contribution in [0.5, 0.6) is 5.75 Å². The van der Waals surface area contributed by atoms with Gasteiger partial charge in [-0.2, -0.15) is 0 Å². The van der Waals surface area contributed by atoms with Crippen molar-refractivity contribution < 1.29 is 28.2 Å². The van der Waals surface area contributed by atoms with E-state index < -0.39 is 35.1 Å². The zero-order chi connectivity index (χ0) is 23.0. The largest absolute Gasteiger partial charge is 0.507 e. The number of halogens is 3. The standard InChI is InChI=1S/C24H16ClF2NO4/c1-32-17-9-4-13(5-10-17)21-20(22(29)14-2-6-15(26)7-3-14)23(30)24(31)28(21)16-8-11-19(27)18(25)12-16/h2-12,21,29H,1H3/b22-20+. The normalized spacial score (nSPS) is 17.6. The molecule has 8 heteroatoms. The Morgan fingerprint density at radius 1 is 1.00 bits per heavy atom. The SMILES string of the molecule is COc1ccc(C2/C(=C(\O)c3ccc(F)cc3)C(=O)C(=O)N2c2ccc(F)c(Cl)c2)cc1. The Bertz CT molecular complexity index is 1240. The van der Waals surface area contributed by atoms with Gasteiger partial charge in [0.2, 0.25) is 0 Å². The van der Waals surface area contributed by atoms with Crippen LogP contribution in [0.3, 0.4) is 0 Å². The molecule has 0 spiro atoms. The topological polar surface area (TPSA) is 66.8 Å². The second-order valence-electron chi connectivity index (χ2n) is 7.05. The summed E-state index contributed by atoms with van der Waals surface area (Å²) in [5.41, 5.74) is 0.652. The first-order valence-corrected chi connectivity index (χ1v) is 9.85. The number of ether oxygens (including phenoxy) is 1. The lowest BCUT2D eigenvalue weighted by Gasteiger charge is -2.25. The van der Waals surface area contributed by atoms with Gasteiger partial charge in [-0.25, -0.2) is 8.78 Å². The molecular formula is C24H16ClF2NO4. The van der Waals surface area contributed by atoms with Crippen LogP contribution in [-0.4, -0.2) is 23.9 Å². The number of hydrogen-bond donors (Lipinski definition) is 1. The number of aliphatic hydroxyl groups excluding tert-OH is 1. The van der Waals surface area contributed by atoms with Crippen molar-refractivity contribution in [1.82, 2.24) is 0 Å². The highest BCUT2D eigenvalue weighted by Gasteiger charge is 2.47. The first kappa shape index (κ1) is 21.5. The van der Waals surface area contributed by atoms with Gasteiger partial charge in [0.25, 0.3) is 11.7 Å². The number of carbonyl (C=O) groups excluding carboxylic acids is 2. The van der Waals surface area contributed by atoms with Gasteiger partial charge in [0, 0.05) is 11.3 Å². The fraction of sp³-hybridized carbons (Fsp3) is 0.0833. The number of methoxy groups -OCH3 is 1. The molecule has 32 heavy (non-hydrogen) atoms. The fourth-order valence-electron chi connectivity index (χ4n) is 3.60. The van der Waals surface area contributed by atoms with Crippen molar-refractivity contribution in [2.24, 2.45) is 0 Å². The maximum Gasteiger partial charge on any atom is 0.300 e. The van der Waals surface area contributed by atoms with E-state index >= 15 is 0 Å². The van der Waals surface area contributed by atoms with Gasteiger partial charge < -0.3 is 9.84 Å². The summed E-state index contributed by atoms with van der Waals surface area (Å²) in [6, 6.07) is 14.1. The Morgan fingerprint density at radius 3 is 2.25 bits per heavy atom. The number of ketones is 1. The van der Waals surface area contributed by atoms with Crippen LogP contribution >= 0.6 is 11.6 Å². The van der Waals surface area contributed by atoms with Crippen LogP contribution in [0.15, 0.2) is 72.3 Å². The Kier molecular flexibility index (Phi) is 5.67. The number of Topliss-reactive ketones (excluding diaryl/α,β-unsaturated/α-hetero) is 1. The molecule has 1 fully saturated rings. The summed E-state index contributed by atoms with van der Waals surface area (Å²) in [6.07, 6.45) is 0. The fourth-order valence-corrected chi connectivity index (χ4v) is 3.77. The number of amides is 1. The highest BCUT2D eigenvalue weighted by atomic mass is 35.5. The van der Waals surface area contributed by atoms with E-state index in [0.29, 0.717) is 11.3 Å². The third kappa shape index (κ3) is 3.71. The lowest BCUT2D eigenvalue weighted by molar-refractivity contribution is -0.132. The quantitative estimate of drug-likeness (QED) is 0.331. The molecule has 1 heterocycles. The highest BCUT2D eigenvalue weighted by molar-refractivity contribution is 6.51. The number of benzene rings is 3. The Morgan fingerprint density at radius 2 is 1.66 bits per heavy atom. The van der Waals surface area contributed by atoms with Gasteiger partial charge in [0.1, 0.15) is 23.1 Å². The molecule has 1 aliphatic rings. The molecule has 1 aliphatic heterocycles. The van der Waals surface area contributed by atoms with Gasteiger partial charge in [0.15, 0.2) is 0 Å². The van der Waals surface area contributed by atoms with Gasteiger partial charge in [-0.15, -0.1) is 0 Å². The van der Waals surface area contributed by atoms with Crippen LogP contribution in [0.2, 0.25) is 5.02 Å². The number of aliphatic hydroxyl groups is 1. The van der Waals surface area contributed by atoms with E-state index in [4.69, 9.17) is 16.3 Å². The molecule has 1 amide bonds. The van der Waals surface area contributed by atoms with Crippen LogP contribution in [0.25, 0.3) is 5.76 Å². The zero-order valence-electron chi connectivity index (χ0n) is 16.7. The van der Waals surface area contributed by atoms with Crippen LogP contribution in [-0.2, 0) is 9.59 Å². The highest BCUT2D eigenvalue weighted by Crippen LogP contribution is 2.43. The second kappa shape index (κ2) is 8.43. The lowest BCUT2D eigenvalue weighted by Crippen LogP contribution is -2.29. The van der Waals surface area contributed by atoms with Crippen molar-refractivity contribution in [2.75, 3.05) is 12.0 Å². The molecule has 1 unspecified atom stereocenters. The lowest BCUT2D eigenvalue weighted by atomic mass is 9.95. The zero-order valence-corrected chi connectivity index (χ0v) is 17.4. The van der Waals surface area contributed by atoms with E-state index in [1.807, 2.05) is 0 Å². The van der Waals surface area contributed by atoms with Gasteiger partial charge >= 0.3 is 0 Å². The summed E-state index contributed by atoms with van der Waals surface area (Å²) in [4.78, 5) is 27.2. The molecule has 0 aliphatic carbocycles. The monoisotopic (exact) mass is 455 g/mol. The van der Waals surface area contributed by atoms with Crippen LogP contribution in [0.4, 0.5) is 14.5 Å². The molecule has 0 bridgehead atoms. The average Bonchev–Trinajstić information content (AvgIpc) is 3.06. The first-order valence-electron chi connectivity index (χ1n) is 9.47. The predicted octanol–water partition coefficient (Wildman–Crippen LogP) is 5.25. The maximum atomic E-state index is 13.7. The van der Waals surface area contributed by atoms with Gasteiger partial charge in [-0.1, -0.05) is 23.7 Å². The van der Waals surface area contributed by atoms with Crippen molar-refractivity contribution in [3.05, 3.63) is 100 Å². The Balaban J connectivity index is 1.94. The van der Waals surface area contributed by atoms with E-state index in [0.717, 1.165) is 23.1 Å². The van der Waals surface area contributed by atoms with E-state index in [1.165, 1.54) is 31.4 Å². The van der Waals surface area contributed by atoms with E-state index in [9.17, 15) is 23.5 Å². The van der Waals surface area contributed by atoms with Crippen molar-refractivity contribution in [3.8, 4) is 5.75 Å². The number of carbonyl (C=O) groups is 2. The third-order valence-electron chi connectivity index (χ3n) is 5.17. The first-order chi connectivity index (χ1) is 15.3. The van der Waals surface area contributed by atoms with Crippen molar-refractivity contribution in [2.45, 2.75) is 6.04 Å². The number of nitrogens with zero attached hydrogens (tertiary/aromatic N) is 1. The van der Waals surface area contributed by atoms with Crippen molar-refractivity contribution in [1.29, 1.82) is 0 Å². The van der Waals surface area contributed by atoms with Gasteiger partial charge in [0.05, 0.1) is 23.7 Å². The van der Waals surface area contributed by atoms with Crippen LogP contribution < -0.4 is 9.64 Å². The minimum Gasteiger partial charge on any atom is -0.507 e. The summed E-state index contributed by atoms with van der Waals surface area (Å²) in [5.74, 6) is -2.96. The molecule has 0 aromatic heterocycles. The summed E-state index contributed by atoms with van der Waals surface area (Å²) in [7, 11) is 1.50. The van der Waals surface area contributed by atoms with Crippen LogP contribution in [0.1, 0.15) is 17.2 Å².